The SMILES string of the molecule is COP(=O)(COC(C)Cn1cnc2c(=O)[nH]c(N)nc21)OCOC(=O)C(C)(C)C. The summed E-state index contributed by atoms with van der Waals surface area (Å²) in [7, 11) is -2.42. The van der Waals surface area contributed by atoms with Crippen molar-refractivity contribution in [3.63, 3.8) is 0 Å². The first-order valence-electron chi connectivity index (χ1n) is 8.74. The van der Waals surface area contributed by atoms with Crippen molar-refractivity contribution >= 4 is 30.7 Å². The molecule has 2 rings (SSSR count). The van der Waals surface area contributed by atoms with Crippen molar-refractivity contribution < 1.29 is 27.9 Å². The number of esters is 1. The van der Waals surface area contributed by atoms with E-state index in [4.69, 9.17) is 24.3 Å². The Morgan fingerprint density at radius 1 is 1.41 bits per heavy atom. The molecule has 2 atom stereocenters. The Morgan fingerprint density at radius 3 is 2.72 bits per heavy atom. The molecule has 2 aromatic heterocycles. The quantitative estimate of drug-likeness (QED) is 0.338. The molecular formula is C16H26N5O7P. The highest BCUT2D eigenvalue weighted by molar-refractivity contribution is 7.53. The highest BCUT2D eigenvalue weighted by atomic mass is 31.2. The summed E-state index contributed by atoms with van der Waals surface area (Å²) < 4.78 is 34.7. The van der Waals surface area contributed by atoms with E-state index >= 15 is 0 Å². The average Bonchev–Trinajstić information content (AvgIpc) is 3.02. The summed E-state index contributed by atoms with van der Waals surface area (Å²) in [6.45, 7) is 6.53. The summed E-state index contributed by atoms with van der Waals surface area (Å²) >= 11 is 0. The second-order valence-electron chi connectivity index (χ2n) is 7.35. The van der Waals surface area contributed by atoms with Gasteiger partial charge >= 0.3 is 13.6 Å². The minimum Gasteiger partial charge on any atom is -0.438 e. The van der Waals surface area contributed by atoms with Gasteiger partial charge in [-0.1, -0.05) is 0 Å². The number of imidazole rings is 1. The molecule has 0 saturated heterocycles. The van der Waals surface area contributed by atoms with Gasteiger partial charge in [-0.25, -0.2) is 4.98 Å². The number of hydrogen-bond acceptors (Lipinski definition) is 10. The Bertz CT molecular complexity index is 965. The van der Waals surface area contributed by atoms with Crippen molar-refractivity contribution in [3.8, 4) is 0 Å². The number of nitrogens with zero attached hydrogens (tertiary/aromatic N) is 3. The van der Waals surface area contributed by atoms with Crippen LogP contribution in [-0.2, 0) is 34.4 Å². The van der Waals surface area contributed by atoms with E-state index in [1.165, 1.54) is 13.4 Å². The number of aromatic amines is 1. The molecule has 162 valence electrons. The number of rotatable bonds is 9. The molecule has 0 aromatic carbocycles. The lowest BCUT2D eigenvalue weighted by molar-refractivity contribution is -0.160. The maximum absolute atomic E-state index is 12.6. The number of carbonyl (C=O) groups is 1. The van der Waals surface area contributed by atoms with Crippen LogP contribution in [0.25, 0.3) is 11.2 Å². The minimum absolute atomic E-state index is 0.0279. The number of nitrogens with two attached hydrogens (primary N) is 1. The van der Waals surface area contributed by atoms with E-state index in [2.05, 4.69) is 15.0 Å². The normalized spacial score (nSPS) is 15.2. The lowest BCUT2D eigenvalue weighted by Crippen LogP contribution is -2.24. The van der Waals surface area contributed by atoms with Crippen molar-refractivity contribution in [2.24, 2.45) is 5.41 Å². The zero-order valence-electron chi connectivity index (χ0n) is 17.0. The molecule has 0 radical (unpaired) electrons. The Hall–Kier alpha value is -2.27. The molecule has 2 unspecified atom stereocenters. The van der Waals surface area contributed by atoms with Gasteiger partial charge in [0.25, 0.3) is 5.56 Å². The number of nitrogens with one attached hydrogen (secondary N) is 1. The number of nitrogen functional groups attached to an aromatic ring is 1. The molecule has 12 nitrogen and oxygen atoms in total. The van der Waals surface area contributed by atoms with Gasteiger partial charge in [0.1, 0.15) is 6.35 Å². The second-order valence-corrected chi connectivity index (χ2v) is 9.45. The molecule has 2 aromatic rings. The van der Waals surface area contributed by atoms with Crippen molar-refractivity contribution in [1.82, 2.24) is 19.5 Å². The first-order chi connectivity index (χ1) is 13.4. The van der Waals surface area contributed by atoms with Crippen LogP contribution in [0, 0.1) is 5.41 Å². The van der Waals surface area contributed by atoms with Crippen LogP contribution in [0.3, 0.4) is 0 Å². The largest absolute Gasteiger partial charge is 0.438 e. The highest BCUT2D eigenvalue weighted by Crippen LogP contribution is 2.47. The van der Waals surface area contributed by atoms with Crippen LogP contribution in [-0.4, -0.2) is 51.8 Å². The summed E-state index contributed by atoms with van der Waals surface area (Å²) in [5.74, 6) is -0.525. The molecule has 0 spiro atoms. The lowest BCUT2D eigenvalue weighted by Gasteiger charge is -2.21. The van der Waals surface area contributed by atoms with Gasteiger partial charge in [0.15, 0.2) is 11.2 Å². The van der Waals surface area contributed by atoms with E-state index in [1.807, 2.05) is 0 Å². The smallest absolute Gasteiger partial charge is 0.358 e. The third kappa shape index (κ3) is 6.10. The van der Waals surface area contributed by atoms with Crippen LogP contribution in [0.5, 0.6) is 0 Å². The Labute approximate surface area is 167 Å². The van der Waals surface area contributed by atoms with E-state index < -0.39 is 37.4 Å². The van der Waals surface area contributed by atoms with Gasteiger partial charge in [0.05, 0.1) is 24.4 Å². The Balaban J connectivity index is 1.93. The third-order valence-corrected chi connectivity index (χ3v) is 5.31. The molecular weight excluding hydrogens is 405 g/mol. The van der Waals surface area contributed by atoms with E-state index in [9.17, 15) is 14.2 Å². The number of ether oxygens (including phenoxy) is 2. The first kappa shape index (κ1) is 23.0. The maximum atomic E-state index is 12.6. The summed E-state index contributed by atoms with van der Waals surface area (Å²) in [6, 6.07) is 0. The summed E-state index contributed by atoms with van der Waals surface area (Å²) in [5, 5.41) is 0. The molecule has 13 heteroatoms. The van der Waals surface area contributed by atoms with Crippen LogP contribution < -0.4 is 11.3 Å². The maximum Gasteiger partial charge on any atom is 0.358 e. The first-order valence-corrected chi connectivity index (χ1v) is 10.5. The van der Waals surface area contributed by atoms with Crippen molar-refractivity contribution in [1.29, 1.82) is 0 Å². The van der Waals surface area contributed by atoms with Gasteiger partial charge < -0.3 is 24.3 Å². The molecule has 0 aliphatic carbocycles. The zero-order valence-corrected chi connectivity index (χ0v) is 17.9. The van der Waals surface area contributed by atoms with E-state index in [0.29, 0.717) is 5.65 Å². The average molecular weight is 431 g/mol. The predicted octanol–water partition coefficient (Wildman–Crippen LogP) is 1.47. The number of fused-ring (bicyclic) bond motifs is 1. The lowest BCUT2D eigenvalue weighted by atomic mass is 9.98. The minimum atomic E-state index is -3.63. The molecule has 3 N–H and O–H groups in total. The number of aromatic nitrogens is 4. The second kappa shape index (κ2) is 9.04. The van der Waals surface area contributed by atoms with E-state index in [-0.39, 0.29) is 24.4 Å². The van der Waals surface area contributed by atoms with E-state index in [1.54, 1.807) is 32.3 Å². The van der Waals surface area contributed by atoms with Crippen LogP contribution >= 0.6 is 7.60 Å². The number of carbonyl (C=O) groups excluding carboxylic acids is 1. The van der Waals surface area contributed by atoms with Crippen molar-refractivity contribution in [3.05, 3.63) is 16.7 Å². The fourth-order valence-corrected chi connectivity index (χ4v) is 3.11. The molecule has 0 bridgehead atoms. The molecule has 0 amide bonds. The molecule has 0 saturated carbocycles. The molecule has 2 heterocycles. The van der Waals surface area contributed by atoms with Crippen LogP contribution in [0.15, 0.2) is 11.1 Å². The van der Waals surface area contributed by atoms with Gasteiger partial charge in [0.2, 0.25) is 12.7 Å². The van der Waals surface area contributed by atoms with Crippen molar-refractivity contribution in [2.75, 3.05) is 26.0 Å². The van der Waals surface area contributed by atoms with Gasteiger partial charge in [0, 0.05) is 7.11 Å². The summed E-state index contributed by atoms with van der Waals surface area (Å²) in [5.41, 5.74) is 4.87. The summed E-state index contributed by atoms with van der Waals surface area (Å²) in [6.07, 6.45) is 0.615. The highest BCUT2D eigenvalue weighted by Gasteiger charge is 2.28. The number of anilines is 1. The van der Waals surface area contributed by atoms with Gasteiger partial charge in [-0.2, -0.15) is 4.98 Å². The number of H-pyrrole nitrogens is 1. The van der Waals surface area contributed by atoms with Crippen molar-refractivity contribution in [2.45, 2.75) is 40.3 Å². The van der Waals surface area contributed by atoms with Crippen LogP contribution in [0.4, 0.5) is 5.95 Å². The topological polar surface area (TPSA) is 161 Å². The Kier molecular flexibility index (Phi) is 7.17. The molecule has 0 fully saturated rings. The molecule has 29 heavy (non-hydrogen) atoms. The monoisotopic (exact) mass is 431 g/mol. The fourth-order valence-electron chi connectivity index (χ4n) is 2.17. The predicted molar refractivity (Wildman–Crippen MR) is 104 cm³/mol. The van der Waals surface area contributed by atoms with E-state index in [0.717, 1.165) is 0 Å². The third-order valence-electron chi connectivity index (χ3n) is 3.79. The summed E-state index contributed by atoms with van der Waals surface area (Å²) in [4.78, 5) is 34.0. The van der Waals surface area contributed by atoms with Gasteiger partial charge in [-0.3, -0.25) is 23.7 Å². The fraction of sp³-hybridized carbons (Fsp3) is 0.625. The standard InChI is InChI=1S/C16H26N5O7P/c1-10(6-21-7-18-11-12(21)19-15(17)20-13(11)22)27-9-29(24,25-5)28-8-26-14(23)16(2,3)4/h7,10H,6,8-9H2,1-5H3,(H3,17,19,20,22). The Morgan fingerprint density at radius 2 is 2.10 bits per heavy atom. The zero-order chi connectivity index (χ0) is 21.8. The number of hydrogen-bond donors (Lipinski definition) is 2. The molecule has 0 aliphatic rings. The van der Waals surface area contributed by atoms with Gasteiger partial charge in [-0.05, 0) is 27.7 Å². The van der Waals surface area contributed by atoms with Crippen LogP contribution in [0.2, 0.25) is 0 Å². The van der Waals surface area contributed by atoms with Gasteiger partial charge in [-0.15, -0.1) is 0 Å². The van der Waals surface area contributed by atoms with Crippen LogP contribution in [0.1, 0.15) is 27.7 Å². The molecule has 0 aliphatic heterocycles.